The summed E-state index contributed by atoms with van der Waals surface area (Å²) < 4.78 is 4.86. The molecule has 1 aliphatic carbocycles. The second-order valence-electron chi connectivity index (χ2n) is 6.94. The molecule has 0 bridgehead atoms. The third-order valence-corrected chi connectivity index (χ3v) is 5.07. The summed E-state index contributed by atoms with van der Waals surface area (Å²) in [6, 6.07) is 0. The Morgan fingerprint density at radius 3 is 2.29 bits per heavy atom. The van der Waals surface area contributed by atoms with Crippen molar-refractivity contribution in [2.24, 2.45) is 23.2 Å². The average molecular weight is 362 g/mol. The first-order valence-electron chi connectivity index (χ1n) is 9.26. The summed E-state index contributed by atoms with van der Waals surface area (Å²) in [6.45, 7) is 14.9. The van der Waals surface area contributed by atoms with E-state index in [-0.39, 0.29) is 43.2 Å². The highest BCUT2D eigenvalue weighted by Gasteiger charge is 2.41. The third kappa shape index (κ3) is 7.91. The van der Waals surface area contributed by atoms with Crippen molar-refractivity contribution < 1.29 is 14.3 Å². The van der Waals surface area contributed by atoms with E-state index in [2.05, 4.69) is 33.0 Å². The molecule has 0 aliphatic heterocycles. The third-order valence-electron chi connectivity index (χ3n) is 5.07. The summed E-state index contributed by atoms with van der Waals surface area (Å²) in [6.07, 6.45) is 4.30. The van der Waals surface area contributed by atoms with Gasteiger partial charge in [0.2, 0.25) is 5.91 Å². The van der Waals surface area contributed by atoms with Crippen molar-refractivity contribution in [3.63, 3.8) is 0 Å². The quantitative estimate of drug-likeness (QED) is 0.718. The molecular weight excluding hydrogens is 322 g/mol. The van der Waals surface area contributed by atoms with Crippen molar-refractivity contribution >= 4 is 25.4 Å². The van der Waals surface area contributed by atoms with Gasteiger partial charge in [-0.1, -0.05) is 48.0 Å². The van der Waals surface area contributed by atoms with Crippen LogP contribution in [0.25, 0.3) is 0 Å². The molecule has 0 spiro atoms. The van der Waals surface area contributed by atoms with Crippen molar-refractivity contribution in [3.8, 4) is 0 Å². The standard InChI is InChI=1S/C17H31NO3.C2H6.H2S/c1-6-17(5)9-8-13(12(3)4)14(10-17)16(20)18-11-15(19)21-7-2;1-2;/h12-14H,6-11H2,1-5H3,(H,18,20);1-2H3;1H2. The first kappa shape index (κ1) is 25.5. The fraction of sp³-hybridized carbons (Fsp3) is 0.895. The smallest absolute Gasteiger partial charge is 0.325 e. The molecule has 5 heteroatoms. The van der Waals surface area contributed by atoms with E-state index >= 15 is 0 Å². The molecule has 144 valence electrons. The molecule has 24 heavy (non-hydrogen) atoms. The van der Waals surface area contributed by atoms with Gasteiger partial charge in [-0.3, -0.25) is 9.59 Å². The van der Waals surface area contributed by atoms with Crippen molar-refractivity contribution in [3.05, 3.63) is 0 Å². The summed E-state index contributed by atoms with van der Waals surface area (Å²) >= 11 is 0. The zero-order chi connectivity index (χ0) is 18.0. The summed E-state index contributed by atoms with van der Waals surface area (Å²) in [5.74, 6) is 0.567. The Hall–Kier alpha value is -0.710. The van der Waals surface area contributed by atoms with Gasteiger partial charge in [0.15, 0.2) is 0 Å². The zero-order valence-electron chi connectivity index (χ0n) is 16.7. The van der Waals surface area contributed by atoms with Gasteiger partial charge >= 0.3 is 5.97 Å². The van der Waals surface area contributed by atoms with Crippen LogP contribution in [0.15, 0.2) is 0 Å². The van der Waals surface area contributed by atoms with Gasteiger partial charge in [0.05, 0.1) is 6.61 Å². The van der Waals surface area contributed by atoms with Crippen LogP contribution in [-0.4, -0.2) is 25.0 Å². The molecule has 1 rings (SSSR count). The van der Waals surface area contributed by atoms with Gasteiger partial charge in [0.25, 0.3) is 0 Å². The monoisotopic (exact) mass is 361 g/mol. The fourth-order valence-electron chi connectivity index (χ4n) is 3.41. The molecule has 3 atom stereocenters. The SMILES string of the molecule is CC.CCOC(=O)CNC(=O)C1CC(C)(CC)CCC1C(C)C.S. The van der Waals surface area contributed by atoms with Crippen LogP contribution in [0.4, 0.5) is 0 Å². The molecule has 3 unspecified atom stereocenters. The molecular formula is C19H39NO3S. The Balaban J connectivity index is 0. The number of hydrogen-bond acceptors (Lipinski definition) is 3. The molecule has 1 amide bonds. The van der Waals surface area contributed by atoms with Gasteiger partial charge in [-0.15, -0.1) is 0 Å². The van der Waals surface area contributed by atoms with Crippen LogP contribution in [0, 0.1) is 23.2 Å². The van der Waals surface area contributed by atoms with E-state index < -0.39 is 0 Å². The summed E-state index contributed by atoms with van der Waals surface area (Å²) in [7, 11) is 0. The predicted octanol–water partition coefficient (Wildman–Crippen LogP) is 4.29. The first-order valence-corrected chi connectivity index (χ1v) is 9.26. The van der Waals surface area contributed by atoms with Gasteiger partial charge in [0.1, 0.15) is 6.54 Å². The number of esters is 1. The van der Waals surface area contributed by atoms with Crippen LogP contribution >= 0.6 is 13.5 Å². The van der Waals surface area contributed by atoms with E-state index in [0.29, 0.717) is 18.4 Å². The lowest BCUT2D eigenvalue weighted by molar-refractivity contribution is -0.144. The van der Waals surface area contributed by atoms with Gasteiger partial charge in [0, 0.05) is 5.92 Å². The fourth-order valence-corrected chi connectivity index (χ4v) is 3.41. The van der Waals surface area contributed by atoms with E-state index in [1.165, 1.54) is 6.42 Å². The van der Waals surface area contributed by atoms with Crippen LogP contribution < -0.4 is 5.32 Å². The Labute approximate surface area is 155 Å². The van der Waals surface area contributed by atoms with E-state index in [4.69, 9.17) is 4.74 Å². The largest absolute Gasteiger partial charge is 0.465 e. The Bertz CT molecular complexity index is 374. The topological polar surface area (TPSA) is 55.4 Å². The molecule has 0 aromatic carbocycles. The predicted molar refractivity (Wildman–Crippen MR) is 105 cm³/mol. The molecule has 0 saturated heterocycles. The van der Waals surface area contributed by atoms with Crippen molar-refractivity contribution in [2.75, 3.05) is 13.2 Å². The molecule has 1 saturated carbocycles. The molecule has 0 heterocycles. The Kier molecular flexibility index (Phi) is 13.4. The highest BCUT2D eigenvalue weighted by molar-refractivity contribution is 7.59. The van der Waals surface area contributed by atoms with Crippen LogP contribution in [-0.2, 0) is 14.3 Å². The maximum Gasteiger partial charge on any atom is 0.325 e. The van der Waals surface area contributed by atoms with Gasteiger partial charge in [-0.25, -0.2) is 0 Å². The van der Waals surface area contributed by atoms with Crippen molar-refractivity contribution in [2.45, 2.75) is 74.1 Å². The lowest BCUT2D eigenvalue weighted by Crippen LogP contribution is -2.44. The average Bonchev–Trinajstić information content (AvgIpc) is 2.54. The molecule has 0 aromatic heterocycles. The van der Waals surface area contributed by atoms with E-state index in [0.717, 1.165) is 19.3 Å². The van der Waals surface area contributed by atoms with Gasteiger partial charge < -0.3 is 10.1 Å². The highest BCUT2D eigenvalue weighted by atomic mass is 32.1. The van der Waals surface area contributed by atoms with Gasteiger partial charge in [-0.05, 0) is 43.4 Å². The minimum Gasteiger partial charge on any atom is -0.465 e. The number of hydrogen-bond donors (Lipinski definition) is 1. The van der Waals surface area contributed by atoms with Crippen molar-refractivity contribution in [1.29, 1.82) is 0 Å². The summed E-state index contributed by atoms with van der Waals surface area (Å²) in [5, 5.41) is 2.77. The number of nitrogens with one attached hydrogen (secondary N) is 1. The number of carbonyl (C=O) groups excluding carboxylic acids is 2. The maximum atomic E-state index is 12.5. The van der Waals surface area contributed by atoms with E-state index in [1.54, 1.807) is 6.92 Å². The molecule has 1 fully saturated rings. The second-order valence-corrected chi connectivity index (χ2v) is 6.94. The van der Waals surface area contributed by atoms with Crippen LogP contribution in [0.3, 0.4) is 0 Å². The molecule has 0 aromatic rings. The summed E-state index contributed by atoms with van der Waals surface area (Å²) in [5.41, 5.74) is 0.247. The minimum absolute atomic E-state index is 0. The normalized spacial score (nSPS) is 25.8. The molecule has 0 radical (unpaired) electrons. The first-order chi connectivity index (χ1) is 10.8. The number of carbonyl (C=O) groups is 2. The van der Waals surface area contributed by atoms with Crippen LogP contribution in [0.5, 0.6) is 0 Å². The van der Waals surface area contributed by atoms with Crippen LogP contribution in [0.2, 0.25) is 0 Å². The van der Waals surface area contributed by atoms with Crippen LogP contribution in [0.1, 0.15) is 74.1 Å². The molecule has 4 nitrogen and oxygen atoms in total. The van der Waals surface area contributed by atoms with E-state index in [9.17, 15) is 9.59 Å². The number of rotatable bonds is 6. The Morgan fingerprint density at radius 1 is 1.25 bits per heavy atom. The van der Waals surface area contributed by atoms with Crippen molar-refractivity contribution in [1.82, 2.24) is 5.32 Å². The van der Waals surface area contributed by atoms with E-state index in [1.807, 2.05) is 13.8 Å². The lowest BCUT2D eigenvalue weighted by atomic mass is 9.62. The lowest BCUT2D eigenvalue weighted by Gasteiger charge is -2.43. The zero-order valence-corrected chi connectivity index (χ0v) is 17.7. The summed E-state index contributed by atoms with van der Waals surface area (Å²) in [4.78, 5) is 23.9. The van der Waals surface area contributed by atoms with Gasteiger partial charge in [-0.2, -0.15) is 13.5 Å². The molecule has 1 aliphatic rings. The number of amides is 1. The minimum atomic E-state index is -0.360. The molecule has 1 N–H and O–H groups in total. The Morgan fingerprint density at radius 2 is 1.83 bits per heavy atom. The maximum absolute atomic E-state index is 12.5. The second kappa shape index (κ2) is 12.6. The highest BCUT2D eigenvalue weighted by Crippen LogP contribution is 2.46. The number of ether oxygens (including phenoxy) is 1.